The van der Waals surface area contributed by atoms with Crippen molar-refractivity contribution in [3.8, 4) is 0 Å². The molecule has 0 aliphatic carbocycles. The van der Waals surface area contributed by atoms with Gasteiger partial charge in [0.2, 0.25) is 0 Å². The highest BCUT2D eigenvalue weighted by Crippen LogP contribution is 2.37. The topological polar surface area (TPSA) is 35.9 Å². The molecule has 0 bridgehead atoms. The number of hydrogen-bond donors (Lipinski definition) is 0. The van der Waals surface area contributed by atoms with Crippen molar-refractivity contribution in [2.24, 2.45) is 5.10 Å². The Labute approximate surface area is 132 Å². The largest absolute Gasteiger partial charge is 0.318 e. The molecule has 0 N–H and O–H groups in total. The Bertz CT molecular complexity index is 585. The Morgan fingerprint density at radius 3 is 2.60 bits per heavy atom. The van der Waals surface area contributed by atoms with Gasteiger partial charge in [-0.1, -0.05) is 23.2 Å². The Kier molecular flexibility index (Phi) is 4.51. The first-order valence-corrected chi connectivity index (χ1v) is 6.92. The molecule has 20 heavy (non-hydrogen) atoms. The maximum absolute atomic E-state index is 13.0. The summed E-state index contributed by atoms with van der Waals surface area (Å²) in [5.41, 5.74) is 0.308. The van der Waals surface area contributed by atoms with Gasteiger partial charge in [-0.15, -0.1) is 0 Å². The lowest BCUT2D eigenvalue weighted by Gasteiger charge is -2.27. The molecule has 0 amide bonds. The standard InChI is InChI=1S/C11H8BrCl2F2N3O/c1-5-17-19(10(4-20)18(5)11(15)16)9-2-6(12)7(13)3-8(9)14/h2-4,10-11H,1H3. The number of anilines is 1. The minimum atomic E-state index is -2.84. The van der Waals surface area contributed by atoms with Gasteiger partial charge in [0.15, 0.2) is 12.5 Å². The van der Waals surface area contributed by atoms with Gasteiger partial charge in [-0.3, -0.25) is 9.69 Å². The smallest absolute Gasteiger partial charge is 0.299 e. The third kappa shape index (κ3) is 2.62. The van der Waals surface area contributed by atoms with Crippen LogP contribution in [0.5, 0.6) is 0 Å². The van der Waals surface area contributed by atoms with Crippen molar-refractivity contribution in [1.82, 2.24) is 4.90 Å². The molecule has 1 heterocycles. The molecule has 1 aromatic rings. The number of hydrogen-bond acceptors (Lipinski definition) is 4. The maximum Gasteiger partial charge on any atom is 0.318 e. The minimum absolute atomic E-state index is 0.0271. The molecule has 108 valence electrons. The molecule has 4 nitrogen and oxygen atoms in total. The van der Waals surface area contributed by atoms with Crippen LogP contribution in [0.3, 0.4) is 0 Å². The molecule has 0 saturated carbocycles. The molecule has 1 unspecified atom stereocenters. The van der Waals surface area contributed by atoms with Crippen molar-refractivity contribution in [3.63, 3.8) is 0 Å². The van der Waals surface area contributed by atoms with E-state index in [0.29, 0.717) is 26.4 Å². The van der Waals surface area contributed by atoms with E-state index in [9.17, 15) is 13.6 Å². The van der Waals surface area contributed by atoms with Crippen LogP contribution < -0.4 is 5.01 Å². The zero-order valence-corrected chi connectivity index (χ0v) is 13.1. The van der Waals surface area contributed by atoms with Crippen LogP contribution in [0.1, 0.15) is 6.92 Å². The molecule has 1 aliphatic heterocycles. The number of carbonyl (C=O) groups excluding carboxylic acids is 1. The van der Waals surface area contributed by atoms with Crippen molar-refractivity contribution >= 4 is 56.9 Å². The SMILES string of the molecule is CC1=NN(c2cc(Br)c(Cl)cc2Cl)C(C=O)N1C(F)F. The average Bonchev–Trinajstić information content (AvgIpc) is 2.70. The Hall–Kier alpha value is -0.920. The van der Waals surface area contributed by atoms with E-state index in [1.165, 1.54) is 19.1 Å². The van der Waals surface area contributed by atoms with E-state index >= 15 is 0 Å². The molecule has 0 fully saturated rings. The highest BCUT2D eigenvalue weighted by molar-refractivity contribution is 9.10. The van der Waals surface area contributed by atoms with Crippen molar-refractivity contribution in [1.29, 1.82) is 0 Å². The number of aldehydes is 1. The van der Waals surface area contributed by atoms with Crippen LogP contribution in [0, 0.1) is 0 Å². The lowest BCUT2D eigenvalue weighted by molar-refractivity contribution is -0.114. The van der Waals surface area contributed by atoms with E-state index in [2.05, 4.69) is 21.0 Å². The first-order valence-electron chi connectivity index (χ1n) is 5.37. The fraction of sp³-hybridized carbons (Fsp3) is 0.273. The van der Waals surface area contributed by atoms with Gasteiger partial charge in [0.1, 0.15) is 5.84 Å². The Morgan fingerprint density at radius 2 is 2.05 bits per heavy atom. The molecule has 1 atom stereocenters. The molecule has 0 saturated heterocycles. The highest BCUT2D eigenvalue weighted by atomic mass is 79.9. The summed E-state index contributed by atoms with van der Waals surface area (Å²) in [6.07, 6.45) is -0.870. The molecule has 2 rings (SSSR count). The Balaban J connectivity index is 2.48. The summed E-state index contributed by atoms with van der Waals surface area (Å²) >= 11 is 15.1. The van der Waals surface area contributed by atoms with E-state index in [0.717, 1.165) is 5.01 Å². The first kappa shape index (κ1) is 15.5. The molecular formula is C11H8BrCl2F2N3O. The fourth-order valence-electron chi connectivity index (χ4n) is 1.84. The number of amidine groups is 1. The number of benzene rings is 1. The van der Waals surface area contributed by atoms with Crippen LogP contribution in [0.4, 0.5) is 14.5 Å². The van der Waals surface area contributed by atoms with E-state index in [4.69, 9.17) is 23.2 Å². The minimum Gasteiger partial charge on any atom is -0.299 e. The average molecular weight is 387 g/mol. The Morgan fingerprint density at radius 1 is 1.40 bits per heavy atom. The van der Waals surface area contributed by atoms with E-state index in [1.54, 1.807) is 0 Å². The summed E-state index contributed by atoms with van der Waals surface area (Å²) in [4.78, 5) is 11.7. The zero-order valence-electron chi connectivity index (χ0n) is 10.0. The predicted molar refractivity (Wildman–Crippen MR) is 77.4 cm³/mol. The molecule has 0 spiro atoms. The van der Waals surface area contributed by atoms with Gasteiger partial charge in [0.05, 0.1) is 15.7 Å². The molecular weight excluding hydrogens is 379 g/mol. The maximum atomic E-state index is 13.0. The first-order chi connectivity index (χ1) is 9.36. The van der Waals surface area contributed by atoms with Gasteiger partial charge in [0.25, 0.3) is 0 Å². The van der Waals surface area contributed by atoms with Gasteiger partial charge in [-0.2, -0.15) is 13.9 Å². The van der Waals surface area contributed by atoms with Crippen LogP contribution in [0.2, 0.25) is 10.0 Å². The van der Waals surface area contributed by atoms with Gasteiger partial charge >= 0.3 is 6.55 Å². The summed E-state index contributed by atoms with van der Waals surface area (Å²) < 4.78 is 26.4. The van der Waals surface area contributed by atoms with Gasteiger partial charge in [-0.25, -0.2) is 5.01 Å². The molecule has 0 aromatic heterocycles. The van der Waals surface area contributed by atoms with Crippen LogP contribution in [-0.4, -0.2) is 29.7 Å². The second-order valence-corrected chi connectivity index (χ2v) is 5.61. The number of carbonyl (C=O) groups is 1. The highest BCUT2D eigenvalue weighted by Gasteiger charge is 2.38. The van der Waals surface area contributed by atoms with E-state index in [-0.39, 0.29) is 10.9 Å². The number of rotatable bonds is 3. The van der Waals surface area contributed by atoms with Crippen molar-refractivity contribution in [2.45, 2.75) is 19.6 Å². The normalized spacial score (nSPS) is 18.8. The second-order valence-electron chi connectivity index (χ2n) is 3.94. The fourth-order valence-corrected chi connectivity index (χ4v) is 2.64. The van der Waals surface area contributed by atoms with Crippen molar-refractivity contribution in [3.05, 3.63) is 26.7 Å². The van der Waals surface area contributed by atoms with Crippen molar-refractivity contribution in [2.75, 3.05) is 5.01 Å². The van der Waals surface area contributed by atoms with Crippen molar-refractivity contribution < 1.29 is 13.6 Å². The molecule has 1 aliphatic rings. The zero-order chi connectivity index (χ0) is 15.0. The van der Waals surface area contributed by atoms with Crippen LogP contribution >= 0.6 is 39.1 Å². The number of alkyl halides is 2. The molecule has 9 heteroatoms. The quantitative estimate of drug-likeness (QED) is 0.448. The van der Waals surface area contributed by atoms with Gasteiger partial charge in [0, 0.05) is 4.47 Å². The van der Waals surface area contributed by atoms with Crippen LogP contribution in [0.25, 0.3) is 0 Å². The molecule has 0 radical (unpaired) electrons. The number of halogens is 5. The molecule has 1 aromatic carbocycles. The van der Waals surface area contributed by atoms with Gasteiger partial charge < -0.3 is 0 Å². The van der Waals surface area contributed by atoms with Gasteiger partial charge in [-0.05, 0) is 35.0 Å². The summed E-state index contributed by atoms with van der Waals surface area (Å²) in [6.45, 7) is -1.45. The summed E-state index contributed by atoms with van der Waals surface area (Å²) in [5, 5.41) is 5.67. The third-order valence-corrected chi connectivity index (χ3v) is 4.23. The lowest BCUT2D eigenvalue weighted by Crippen LogP contribution is -2.45. The number of nitrogens with zero attached hydrogens (tertiary/aromatic N) is 3. The predicted octanol–water partition coefficient (Wildman–Crippen LogP) is 3.96. The summed E-state index contributed by atoms with van der Waals surface area (Å²) in [7, 11) is 0. The monoisotopic (exact) mass is 385 g/mol. The van der Waals surface area contributed by atoms with E-state index in [1.807, 2.05) is 0 Å². The second kappa shape index (κ2) is 5.83. The summed E-state index contributed by atoms with van der Waals surface area (Å²) in [6, 6.07) is 2.97. The van der Waals surface area contributed by atoms with Crippen LogP contribution in [-0.2, 0) is 4.79 Å². The number of hydrazone groups is 1. The summed E-state index contributed by atoms with van der Waals surface area (Å²) in [5.74, 6) is 0.0271. The van der Waals surface area contributed by atoms with Crippen LogP contribution in [0.15, 0.2) is 21.7 Å². The van der Waals surface area contributed by atoms with E-state index < -0.39 is 12.7 Å². The third-order valence-electron chi connectivity index (χ3n) is 2.73. The lowest BCUT2D eigenvalue weighted by atomic mass is 10.3.